The third-order valence-electron chi connectivity index (χ3n) is 2.44. The van der Waals surface area contributed by atoms with E-state index in [4.69, 9.17) is 5.73 Å². The van der Waals surface area contributed by atoms with E-state index in [0.717, 1.165) is 10.5 Å². The first kappa shape index (κ1) is 10.4. The van der Waals surface area contributed by atoms with Crippen molar-refractivity contribution in [1.29, 1.82) is 0 Å². The van der Waals surface area contributed by atoms with Crippen LogP contribution in [0.1, 0.15) is 26.3 Å². The number of amides is 3. The number of nitrogens with two attached hydrogens (primary N) is 1. The van der Waals surface area contributed by atoms with E-state index in [-0.39, 0.29) is 6.54 Å². The molecule has 0 spiro atoms. The molecule has 1 aliphatic rings. The Kier molecular flexibility index (Phi) is 2.23. The number of carbonyl (C=O) groups is 3. The van der Waals surface area contributed by atoms with Crippen molar-refractivity contribution < 1.29 is 14.4 Å². The van der Waals surface area contributed by atoms with Crippen molar-refractivity contribution >= 4 is 17.7 Å². The molecule has 5 nitrogen and oxygen atoms in total. The lowest BCUT2D eigenvalue weighted by molar-refractivity contribution is -0.118. The van der Waals surface area contributed by atoms with Gasteiger partial charge < -0.3 is 5.73 Å². The number of hydrogen-bond donors (Lipinski definition) is 1. The topological polar surface area (TPSA) is 80.5 Å². The van der Waals surface area contributed by atoms with Gasteiger partial charge in [-0.3, -0.25) is 19.3 Å². The number of imide groups is 1. The first-order chi connectivity index (χ1) is 7.50. The molecule has 0 unspecified atom stereocenters. The van der Waals surface area contributed by atoms with Crippen LogP contribution in [-0.4, -0.2) is 29.2 Å². The number of hydrogen-bond acceptors (Lipinski definition) is 3. The highest BCUT2D eigenvalue weighted by molar-refractivity contribution is 6.22. The Labute approximate surface area is 91.8 Å². The summed E-state index contributed by atoms with van der Waals surface area (Å²) in [5, 5.41) is 0. The van der Waals surface area contributed by atoms with E-state index in [9.17, 15) is 14.4 Å². The number of fused-ring (bicyclic) bond motifs is 1. The summed E-state index contributed by atoms with van der Waals surface area (Å²) in [5.74, 6) is -1.62. The first-order valence-electron chi connectivity index (χ1n) is 4.76. The number of benzene rings is 1. The van der Waals surface area contributed by atoms with E-state index < -0.39 is 17.7 Å². The van der Waals surface area contributed by atoms with Gasteiger partial charge in [-0.05, 0) is 19.1 Å². The van der Waals surface area contributed by atoms with Crippen molar-refractivity contribution in [2.24, 2.45) is 5.73 Å². The molecule has 0 saturated heterocycles. The second-order valence-electron chi connectivity index (χ2n) is 3.71. The van der Waals surface area contributed by atoms with E-state index in [2.05, 4.69) is 0 Å². The van der Waals surface area contributed by atoms with Crippen LogP contribution in [0, 0.1) is 6.92 Å². The quantitative estimate of drug-likeness (QED) is 0.713. The Balaban J connectivity index is 2.44. The molecule has 5 heteroatoms. The number of carbonyl (C=O) groups excluding carboxylic acids is 3. The standard InChI is InChI=1S/C11H10N2O3/c1-6-2-3-7-8(4-6)11(16)13(10(7)15)5-9(12)14/h2-4H,5H2,1H3,(H2,12,14). The van der Waals surface area contributed by atoms with Crippen molar-refractivity contribution in [3.05, 3.63) is 34.9 Å². The smallest absolute Gasteiger partial charge is 0.262 e. The first-order valence-corrected chi connectivity index (χ1v) is 4.76. The molecule has 2 N–H and O–H groups in total. The zero-order valence-electron chi connectivity index (χ0n) is 8.69. The van der Waals surface area contributed by atoms with Crippen LogP contribution in [0.4, 0.5) is 0 Å². The molecule has 2 rings (SSSR count). The van der Waals surface area contributed by atoms with Crippen molar-refractivity contribution in [2.75, 3.05) is 6.54 Å². The van der Waals surface area contributed by atoms with E-state index >= 15 is 0 Å². The summed E-state index contributed by atoms with van der Waals surface area (Å²) in [5.41, 5.74) is 6.54. The van der Waals surface area contributed by atoms with Gasteiger partial charge in [0.15, 0.2) is 0 Å². The molecule has 1 aromatic carbocycles. The average Bonchev–Trinajstić information content (AvgIpc) is 2.43. The lowest BCUT2D eigenvalue weighted by Gasteiger charge is -2.10. The highest BCUT2D eigenvalue weighted by Gasteiger charge is 2.35. The molecule has 16 heavy (non-hydrogen) atoms. The van der Waals surface area contributed by atoms with Gasteiger partial charge in [0.25, 0.3) is 11.8 Å². The SMILES string of the molecule is Cc1ccc2c(c1)C(=O)N(CC(N)=O)C2=O. The molecule has 1 aromatic rings. The number of rotatable bonds is 2. The zero-order chi connectivity index (χ0) is 11.9. The van der Waals surface area contributed by atoms with Crippen molar-refractivity contribution in [3.8, 4) is 0 Å². The molecule has 1 aliphatic heterocycles. The Morgan fingerprint density at radius 1 is 1.25 bits per heavy atom. The molecule has 0 radical (unpaired) electrons. The highest BCUT2D eigenvalue weighted by Crippen LogP contribution is 2.23. The third kappa shape index (κ3) is 1.46. The van der Waals surface area contributed by atoms with Crippen LogP contribution in [0.3, 0.4) is 0 Å². The molecule has 0 atom stereocenters. The highest BCUT2D eigenvalue weighted by atomic mass is 16.2. The van der Waals surface area contributed by atoms with E-state index in [1.807, 2.05) is 6.92 Å². The van der Waals surface area contributed by atoms with Crippen LogP contribution >= 0.6 is 0 Å². The molecular weight excluding hydrogens is 208 g/mol. The van der Waals surface area contributed by atoms with Gasteiger partial charge >= 0.3 is 0 Å². The average molecular weight is 218 g/mol. The van der Waals surface area contributed by atoms with E-state index in [1.54, 1.807) is 18.2 Å². The number of nitrogens with zero attached hydrogens (tertiary/aromatic N) is 1. The molecule has 82 valence electrons. The second-order valence-corrected chi connectivity index (χ2v) is 3.71. The fraction of sp³-hybridized carbons (Fsp3) is 0.182. The van der Waals surface area contributed by atoms with Gasteiger partial charge in [-0.1, -0.05) is 11.6 Å². The summed E-state index contributed by atoms with van der Waals surface area (Å²) in [4.78, 5) is 35.2. The molecule has 0 aliphatic carbocycles. The number of primary amides is 1. The lowest BCUT2D eigenvalue weighted by atomic mass is 10.1. The Hall–Kier alpha value is -2.17. The minimum Gasteiger partial charge on any atom is -0.368 e. The van der Waals surface area contributed by atoms with Gasteiger partial charge in [-0.2, -0.15) is 0 Å². The van der Waals surface area contributed by atoms with Crippen molar-refractivity contribution in [1.82, 2.24) is 4.90 Å². The lowest BCUT2D eigenvalue weighted by Crippen LogP contribution is -2.37. The largest absolute Gasteiger partial charge is 0.368 e. The maximum absolute atomic E-state index is 11.8. The summed E-state index contributed by atoms with van der Waals surface area (Å²) in [6, 6.07) is 4.97. The molecular formula is C11H10N2O3. The van der Waals surface area contributed by atoms with Crippen LogP contribution in [-0.2, 0) is 4.79 Å². The summed E-state index contributed by atoms with van der Waals surface area (Å²) < 4.78 is 0. The minimum absolute atomic E-state index is 0.330. The fourth-order valence-electron chi connectivity index (χ4n) is 1.70. The zero-order valence-corrected chi connectivity index (χ0v) is 8.69. The monoisotopic (exact) mass is 218 g/mol. The third-order valence-corrected chi connectivity index (χ3v) is 2.44. The maximum Gasteiger partial charge on any atom is 0.262 e. The Morgan fingerprint density at radius 2 is 1.88 bits per heavy atom. The van der Waals surface area contributed by atoms with Gasteiger partial charge in [-0.15, -0.1) is 0 Å². The Morgan fingerprint density at radius 3 is 2.50 bits per heavy atom. The predicted octanol–water partition coefficient (Wildman–Crippen LogP) is 0.0763. The van der Waals surface area contributed by atoms with Crippen molar-refractivity contribution in [3.63, 3.8) is 0 Å². The Bertz CT molecular complexity index is 508. The van der Waals surface area contributed by atoms with Crippen LogP contribution in [0.2, 0.25) is 0 Å². The molecule has 0 bridgehead atoms. The van der Waals surface area contributed by atoms with Gasteiger partial charge in [-0.25, -0.2) is 0 Å². The molecule has 1 heterocycles. The normalized spacial score (nSPS) is 14.2. The van der Waals surface area contributed by atoms with Crippen molar-refractivity contribution in [2.45, 2.75) is 6.92 Å². The van der Waals surface area contributed by atoms with Gasteiger partial charge in [0.1, 0.15) is 6.54 Å². The van der Waals surface area contributed by atoms with Gasteiger partial charge in [0.2, 0.25) is 5.91 Å². The van der Waals surface area contributed by atoms with Crippen LogP contribution in [0.5, 0.6) is 0 Å². The molecule has 0 saturated carbocycles. The van der Waals surface area contributed by atoms with E-state index in [0.29, 0.717) is 11.1 Å². The molecule has 0 fully saturated rings. The summed E-state index contributed by atoms with van der Waals surface area (Å²) in [6.45, 7) is 1.46. The summed E-state index contributed by atoms with van der Waals surface area (Å²) >= 11 is 0. The van der Waals surface area contributed by atoms with E-state index in [1.165, 1.54) is 0 Å². The van der Waals surface area contributed by atoms with Crippen LogP contribution < -0.4 is 5.73 Å². The fourth-order valence-corrected chi connectivity index (χ4v) is 1.70. The summed E-state index contributed by atoms with van der Waals surface area (Å²) in [6.07, 6.45) is 0. The minimum atomic E-state index is -0.703. The number of aryl methyl sites for hydroxylation is 1. The predicted molar refractivity (Wildman–Crippen MR) is 55.7 cm³/mol. The summed E-state index contributed by atoms with van der Waals surface area (Å²) in [7, 11) is 0. The van der Waals surface area contributed by atoms with Gasteiger partial charge in [0, 0.05) is 0 Å². The van der Waals surface area contributed by atoms with Gasteiger partial charge in [0.05, 0.1) is 11.1 Å². The molecule has 3 amide bonds. The molecule has 0 aromatic heterocycles. The maximum atomic E-state index is 11.8. The second kappa shape index (κ2) is 3.44. The van der Waals surface area contributed by atoms with Crippen LogP contribution in [0.15, 0.2) is 18.2 Å². The van der Waals surface area contributed by atoms with Crippen LogP contribution in [0.25, 0.3) is 0 Å².